The van der Waals surface area contributed by atoms with E-state index in [1.807, 2.05) is 13.8 Å². The van der Waals surface area contributed by atoms with E-state index in [1.54, 1.807) is 20.8 Å². The molecule has 0 aliphatic rings. The van der Waals surface area contributed by atoms with Crippen LogP contribution in [0.1, 0.15) is 73.6 Å². The average Bonchev–Trinajstić information content (AvgIpc) is 2.56. The van der Waals surface area contributed by atoms with E-state index in [0.29, 0.717) is 6.42 Å². The lowest BCUT2D eigenvalue weighted by Crippen LogP contribution is -2.43. The number of carboxylic acids is 1. The summed E-state index contributed by atoms with van der Waals surface area (Å²) in [5.41, 5.74) is 0. The molecule has 0 unspecified atom stereocenters. The number of aliphatic carboxylic acids is 1. The molecule has 0 spiro atoms. The Kier molecular flexibility index (Phi) is 11.5. The predicted molar refractivity (Wildman–Crippen MR) is 106 cm³/mol. The summed E-state index contributed by atoms with van der Waals surface area (Å²) in [6.45, 7) is 10.6. The summed E-state index contributed by atoms with van der Waals surface area (Å²) >= 11 is 0. The van der Waals surface area contributed by atoms with Crippen LogP contribution in [0, 0.1) is 23.7 Å². The molecule has 0 rings (SSSR count). The fraction of sp³-hybridized carbons (Fsp3) is 0.762. The Balaban J connectivity index is 4.92. The first-order valence-electron chi connectivity index (χ1n) is 9.95. The van der Waals surface area contributed by atoms with Gasteiger partial charge < -0.3 is 10.4 Å². The van der Waals surface area contributed by atoms with Crippen LogP contribution in [-0.4, -0.2) is 40.4 Å². The molecule has 28 heavy (non-hydrogen) atoms. The highest BCUT2D eigenvalue weighted by atomic mass is 16.4. The summed E-state index contributed by atoms with van der Waals surface area (Å²) in [6, 6.07) is -0.803. The van der Waals surface area contributed by atoms with Gasteiger partial charge in [0.05, 0.1) is 6.04 Å². The molecule has 0 saturated heterocycles. The van der Waals surface area contributed by atoms with Gasteiger partial charge in [-0.25, -0.2) is 0 Å². The van der Waals surface area contributed by atoms with E-state index >= 15 is 0 Å². The van der Waals surface area contributed by atoms with Crippen LogP contribution in [0.2, 0.25) is 0 Å². The maximum Gasteiger partial charge on any atom is 0.303 e. The highest BCUT2D eigenvalue weighted by Gasteiger charge is 2.27. The summed E-state index contributed by atoms with van der Waals surface area (Å²) in [6.07, 6.45) is 0.120. The van der Waals surface area contributed by atoms with Gasteiger partial charge in [0.15, 0.2) is 5.78 Å². The van der Waals surface area contributed by atoms with Crippen molar-refractivity contribution in [3.63, 3.8) is 0 Å². The van der Waals surface area contributed by atoms with E-state index in [2.05, 4.69) is 5.32 Å². The molecule has 0 aromatic heterocycles. The number of carboxylic acid groups (broad SMARTS) is 1. The number of carbonyl (C=O) groups is 5. The second-order valence-corrected chi connectivity index (χ2v) is 8.33. The lowest BCUT2D eigenvalue weighted by atomic mass is 9.90. The highest BCUT2D eigenvalue weighted by molar-refractivity contribution is 5.94. The third-order valence-corrected chi connectivity index (χ3v) is 4.59. The van der Waals surface area contributed by atoms with Crippen molar-refractivity contribution < 1.29 is 29.1 Å². The lowest BCUT2D eigenvalue weighted by Gasteiger charge is -2.20. The van der Waals surface area contributed by atoms with Gasteiger partial charge in [0.25, 0.3) is 0 Å². The van der Waals surface area contributed by atoms with Crippen molar-refractivity contribution in [1.29, 1.82) is 0 Å². The fourth-order valence-electron chi connectivity index (χ4n) is 3.00. The number of hydrogen-bond donors (Lipinski definition) is 2. The molecular formula is C21H35NO6. The van der Waals surface area contributed by atoms with Crippen molar-refractivity contribution in [2.45, 2.75) is 79.7 Å². The third kappa shape index (κ3) is 10.3. The average molecular weight is 398 g/mol. The summed E-state index contributed by atoms with van der Waals surface area (Å²) < 4.78 is 0. The van der Waals surface area contributed by atoms with Crippen molar-refractivity contribution >= 4 is 29.2 Å². The summed E-state index contributed by atoms with van der Waals surface area (Å²) in [7, 11) is 0. The second-order valence-electron chi connectivity index (χ2n) is 8.33. The first-order valence-corrected chi connectivity index (χ1v) is 9.95. The zero-order chi connectivity index (χ0) is 22.0. The van der Waals surface area contributed by atoms with E-state index in [-0.39, 0.29) is 54.9 Å². The normalized spacial score (nSPS) is 14.4. The van der Waals surface area contributed by atoms with E-state index < -0.39 is 29.8 Å². The smallest absolute Gasteiger partial charge is 0.303 e. The molecule has 0 fully saturated rings. The Morgan fingerprint density at radius 1 is 0.857 bits per heavy atom. The van der Waals surface area contributed by atoms with E-state index in [4.69, 9.17) is 5.11 Å². The van der Waals surface area contributed by atoms with Gasteiger partial charge in [0.1, 0.15) is 11.6 Å². The first-order chi connectivity index (χ1) is 12.8. The molecular weight excluding hydrogens is 362 g/mol. The number of Topliss-reactive ketones (excluding diaryl/α,β-unsaturated/α-hetero) is 3. The molecule has 0 bridgehead atoms. The molecule has 2 N–H and O–H groups in total. The minimum absolute atomic E-state index is 0.00880. The Hall–Kier alpha value is -2.05. The number of nitrogens with one attached hydrogen (secondary N) is 1. The lowest BCUT2D eigenvalue weighted by molar-refractivity contribution is -0.138. The Bertz CT molecular complexity index is 581. The van der Waals surface area contributed by atoms with Crippen LogP contribution < -0.4 is 5.32 Å². The molecule has 0 saturated carbocycles. The number of rotatable bonds is 14. The molecule has 3 atom stereocenters. The Labute approximate surface area is 167 Å². The number of hydrogen-bond acceptors (Lipinski definition) is 5. The van der Waals surface area contributed by atoms with Crippen LogP contribution in [0.3, 0.4) is 0 Å². The Morgan fingerprint density at radius 3 is 1.89 bits per heavy atom. The quantitative estimate of drug-likeness (QED) is 0.465. The topological polar surface area (TPSA) is 118 Å². The van der Waals surface area contributed by atoms with Crippen LogP contribution in [-0.2, 0) is 24.0 Å². The maximum atomic E-state index is 12.5. The van der Waals surface area contributed by atoms with Crippen molar-refractivity contribution in [2.24, 2.45) is 23.7 Å². The standard InChI is InChI=1S/C21H35NO6/c1-12(2)9-17(23)11-16(7-8-19(25)26)21(28)22-15(6)18(24)10-14(5)20(27)13(3)4/h12-16H,7-11H2,1-6H3,(H,22,28)(H,25,26)/t14-,15+,16-/m1/s1. The first kappa shape index (κ1) is 26.0. The molecule has 1 amide bonds. The fourth-order valence-corrected chi connectivity index (χ4v) is 3.00. The van der Waals surface area contributed by atoms with Crippen LogP contribution >= 0.6 is 0 Å². The van der Waals surface area contributed by atoms with Gasteiger partial charge in [-0.2, -0.15) is 0 Å². The molecule has 160 valence electrons. The summed E-state index contributed by atoms with van der Waals surface area (Å²) in [5, 5.41) is 11.5. The van der Waals surface area contributed by atoms with Crippen molar-refractivity contribution in [2.75, 3.05) is 0 Å². The molecule has 0 radical (unpaired) electrons. The largest absolute Gasteiger partial charge is 0.481 e. The van der Waals surface area contributed by atoms with Crippen LogP contribution in [0.15, 0.2) is 0 Å². The molecule has 7 heteroatoms. The van der Waals surface area contributed by atoms with Crippen molar-refractivity contribution in [3.05, 3.63) is 0 Å². The van der Waals surface area contributed by atoms with Crippen LogP contribution in [0.4, 0.5) is 0 Å². The number of carbonyl (C=O) groups excluding carboxylic acids is 4. The van der Waals surface area contributed by atoms with Gasteiger partial charge in [0, 0.05) is 43.4 Å². The molecule has 7 nitrogen and oxygen atoms in total. The van der Waals surface area contributed by atoms with Gasteiger partial charge in [-0.3, -0.25) is 24.0 Å². The number of amides is 1. The highest BCUT2D eigenvalue weighted by Crippen LogP contribution is 2.17. The zero-order valence-corrected chi connectivity index (χ0v) is 17.9. The summed E-state index contributed by atoms with van der Waals surface area (Å²) in [5.74, 6) is -3.14. The van der Waals surface area contributed by atoms with Crippen molar-refractivity contribution in [1.82, 2.24) is 5.32 Å². The monoisotopic (exact) mass is 397 g/mol. The van der Waals surface area contributed by atoms with Gasteiger partial charge in [-0.1, -0.05) is 34.6 Å². The van der Waals surface area contributed by atoms with Gasteiger partial charge in [0.2, 0.25) is 5.91 Å². The van der Waals surface area contributed by atoms with E-state index in [9.17, 15) is 24.0 Å². The van der Waals surface area contributed by atoms with Gasteiger partial charge >= 0.3 is 5.97 Å². The minimum Gasteiger partial charge on any atom is -0.481 e. The molecule has 0 heterocycles. The maximum absolute atomic E-state index is 12.5. The van der Waals surface area contributed by atoms with Crippen molar-refractivity contribution in [3.8, 4) is 0 Å². The molecule has 0 aromatic rings. The van der Waals surface area contributed by atoms with E-state index in [1.165, 1.54) is 6.92 Å². The predicted octanol–water partition coefficient (Wildman–Crippen LogP) is 2.80. The van der Waals surface area contributed by atoms with E-state index in [0.717, 1.165) is 0 Å². The second kappa shape index (κ2) is 12.4. The zero-order valence-electron chi connectivity index (χ0n) is 17.9. The van der Waals surface area contributed by atoms with Crippen LogP contribution in [0.25, 0.3) is 0 Å². The SMILES string of the molecule is CC(C)CC(=O)C[C@@H](CCC(=O)O)C(=O)N[C@@H](C)C(=O)C[C@@H](C)C(=O)C(C)C. The minimum atomic E-state index is -1.04. The molecule has 0 aromatic carbocycles. The summed E-state index contributed by atoms with van der Waals surface area (Å²) in [4.78, 5) is 59.8. The Morgan fingerprint density at radius 2 is 1.43 bits per heavy atom. The number of ketones is 3. The van der Waals surface area contributed by atoms with Crippen LogP contribution in [0.5, 0.6) is 0 Å². The molecule has 0 aliphatic carbocycles. The third-order valence-electron chi connectivity index (χ3n) is 4.59. The van der Waals surface area contributed by atoms with Gasteiger partial charge in [-0.15, -0.1) is 0 Å². The molecule has 0 aliphatic heterocycles. The van der Waals surface area contributed by atoms with Gasteiger partial charge in [-0.05, 0) is 19.3 Å².